The van der Waals surface area contributed by atoms with Gasteiger partial charge in [-0.05, 0) is 42.9 Å². The highest BCUT2D eigenvalue weighted by Crippen LogP contribution is 2.25. The highest BCUT2D eigenvalue weighted by molar-refractivity contribution is 7.80. The molecular formula is C15H14F2N2OS. The van der Waals surface area contributed by atoms with E-state index in [-0.39, 0.29) is 5.75 Å². The van der Waals surface area contributed by atoms with Crippen LogP contribution in [0.3, 0.4) is 0 Å². The molecule has 2 aromatic rings. The number of halogens is 2. The van der Waals surface area contributed by atoms with E-state index in [1.807, 2.05) is 31.2 Å². The normalized spacial score (nSPS) is 10.3. The van der Waals surface area contributed by atoms with E-state index in [9.17, 15) is 8.78 Å². The summed E-state index contributed by atoms with van der Waals surface area (Å²) in [6.07, 6.45) is 0. The summed E-state index contributed by atoms with van der Waals surface area (Å²) in [6, 6.07) is 14.0. The minimum atomic E-state index is -2.88. The third-order valence-corrected chi connectivity index (χ3v) is 2.95. The van der Waals surface area contributed by atoms with Gasteiger partial charge in [0, 0.05) is 5.69 Å². The van der Waals surface area contributed by atoms with Gasteiger partial charge in [0.1, 0.15) is 5.75 Å². The Morgan fingerprint density at radius 3 is 2.24 bits per heavy atom. The second-order valence-electron chi connectivity index (χ2n) is 4.27. The molecule has 2 N–H and O–H groups in total. The molecule has 6 heteroatoms. The summed E-state index contributed by atoms with van der Waals surface area (Å²) in [5.41, 5.74) is 2.25. The summed E-state index contributed by atoms with van der Waals surface area (Å²) in [7, 11) is 0. The second-order valence-corrected chi connectivity index (χ2v) is 4.68. The van der Waals surface area contributed by atoms with E-state index < -0.39 is 6.61 Å². The molecule has 0 spiro atoms. The van der Waals surface area contributed by atoms with Crippen molar-refractivity contribution in [2.75, 3.05) is 10.6 Å². The average Bonchev–Trinajstić information content (AvgIpc) is 2.43. The number of hydrogen-bond donors (Lipinski definition) is 2. The first-order valence-electron chi connectivity index (χ1n) is 6.24. The topological polar surface area (TPSA) is 33.3 Å². The Kier molecular flexibility index (Phi) is 5.05. The number of ether oxygens (including phenoxy) is 1. The van der Waals surface area contributed by atoms with E-state index in [4.69, 9.17) is 12.2 Å². The van der Waals surface area contributed by atoms with Crippen LogP contribution in [0.1, 0.15) is 5.56 Å². The van der Waals surface area contributed by atoms with Crippen LogP contribution in [0, 0.1) is 6.92 Å². The molecule has 0 aliphatic rings. The lowest BCUT2D eigenvalue weighted by Gasteiger charge is -2.15. The van der Waals surface area contributed by atoms with Crippen molar-refractivity contribution in [3.63, 3.8) is 0 Å². The lowest BCUT2D eigenvalue weighted by atomic mass is 10.2. The highest BCUT2D eigenvalue weighted by atomic mass is 32.1. The molecule has 2 aromatic carbocycles. The number of benzene rings is 2. The SMILES string of the molecule is Cc1ccccc1NC(=S)Nc1ccccc1OC(F)F. The maximum atomic E-state index is 12.3. The van der Waals surface area contributed by atoms with E-state index in [1.165, 1.54) is 6.07 Å². The van der Waals surface area contributed by atoms with Gasteiger partial charge in [0.25, 0.3) is 0 Å². The third kappa shape index (κ3) is 4.39. The first kappa shape index (κ1) is 15.2. The van der Waals surface area contributed by atoms with Crippen LogP contribution in [0.5, 0.6) is 5.75 Å². The van der Waals surface area contributed by atoms with Crippen molar-refractivity contribution >= 4 is 28.7 Å². The molecule has 0 atom stereocenters. The maximum absolute atomic E-state index is 12.3. The summed E-state index contributed by atoms with van der Waals surface area (Å²) < 4.78 is 29.1. The molecule has 0 heterocycles. The molecule has 0 bridgehead atoms. The predicted octanol–water partition coefficient (Wildman–Crippen LogP) is 4.41. The predicted molar refractivity (Wildman–Crippen MR) is 84.1 cm³/mol. The number of para-hydroxylation sites is 3. The Morgan fingerprint density at radius 1 is 1.00 bits per heavy atom. The summed E-state index contributed by atoms with van der Waals surface area (Å²) in [5, 5.41) is 6.17. The largest absolute Gasteiger partial charge is 0.433 e. The number of nitrogens with one attached hydrogen (secondary N) is 2. The quantitative estimate of drug-likeness (QED) is 0.820. The van der Waals surface area contributed by atoms with Crippen molar-refractivity contribution < 1.29 is 13.5 Å². The zero-order chi connectivity index (χ0) is 15.2. The van der Waals surface area contributed by atoms with Gasteiger partial charge in [-0.3, -0.25) is 0 Å². The van der Waals surface area contributed by atoms with E-state index in [0.29, 0.717) is 10.8 Å². The Hall–Kier alpha value is -2.21. The smallest absolute Gasteiger partial charge is 0.387 e. The number of anilines is 2. The maximum Gasteiger partial charge on any atom is 0.387 e. The third-order valence-electron chi connectivity index (χ3n) is 2.74. The molecule has 0 unspecified atom stereocenters. The van der Waals surface area contributed by atoms with Gasteiger partial charge in [-0.2, -0.15) is 8.78 Å². The average molecular weight is 308 g/mol. The first-order chi connectivity index (χ1) is 10.1. The molecule has 2 rings (SSSR count). The van der Waals surface area contributed by atoms with Crippen LogP contribution in [-0.2, 0) is 0 Å². The zero-order valence-electron chi connectivity index (χ0n) is 11.3. The van der Waals surface area contributed by atoms with E-state index in [2.05, 4.69) is 15.4 Å². The molecule has 0 aromatic heterocycles. The minimum Gasteiger partial charge on any atom is -0.433 e. The van der Waals surface area contributed by atoms with E-state index in [1.54, 1.807) is 18.2 Å². The van der Waals surface area contributed by atoms with Crippen molar-refractivity contribution in [1.29, 1.82) is 0 Å². The molecule has 0 aliphatic carbocycles. The van der Waals surface area contributed by atoms with Gasteiger partial charge in [-0.25, -0.2) is 0 Å². The monoisotopic (exact) mass is 308 g/mol. The molecule has 21 heavy (non-hydrogen) atoms. The summed E-state index contributed by atoms with van der Waals surface area (Å²) >= 11 is 5.19. The van der Waals surface area contributed by atoms with Crippen LogP contribution < -0.4 is 15.4 Å². The van der Waals surface area contributed by atoms with Crippen molar-refractivity contribution in [2.45, 2.75) is 13.5 Å². The Morgan fingerprint density at radius 2 is 1.57 bits per heavy atom. The second kappa shape index (κ2) is 6.99. The van der Waals surface area contributed by atoms with Gasteiger partial charge in [-0.15, -0.1) is 0 Å². The van der Waals surface area contributed by atoms with Crippen LogP contribution in [0.15, 0.2) is 48.5 Å². The van der Waals surface area contributed by atoms with Crippen LogP contribution in [0.4, 0.5) is 20.2 Å². The number of alkyl halides is 2. The summed E-state index contributed by atoms with van der Waals surface area (Å²) in [6.45, 7) is -0.940. The number of rotatable bonds is 4. The molecule has 0 saturated carbocycles. The minimum absolute atomic E-state index is 0.0430. The molecular weight excluding hydrogens is 294 g/mol. The highest BCUT2D eigenvalue weighted by Gasteiger charge is 2.10. The van der Waals surface area contributed by atoms with Crippen molar-refractivity contribution in [1.82, 2.24) is 0 Å². The molecule has 0 aliphatic heterocycles. The Labute approximate surface area is 126 Å². The van der Waals surface area contributed by atoms with E-state index >= 15 is 0 Å². The van der Waals surface area contributed by atoms with Gasteiger partial charge in [0.15, 0.2) is 5.11 Å². The van der Waals surface area contributed by atoms with Crippen molar-refractivity contribution in [3.05, 3.63) is 54.1 Å². The molecule has 110 valence electrons. The molecule has 0 saturated heterocycles. The van der Waals surface area contributed by atoms with Crippen molar-refractivity contribution in [3.8, 4) is 5.75 Å². The van der Waals surface area contributed by atoms with Gasteiger partial charge in [0.2, 0.25) is 0 Å². The fourth-order valence-electron chi connectivity index (χ4n) is 1.76. The standard InChI is InChI=1S/C15H14F2N2OS/c1-10-6-2-3-7-11(10)18-15(21)19-12-8-4-5-9-13(12)20-14(16)17/h2-9,14H,1H3,(H2,18,19,21). The Balaban J connectivity index is 2.08. The lowest BCUT2D eigenvalue weighted by Crippen LogP contribution is -2.20. The Bertz CT molecular complexity index is 635. The fourth-order valence-corrected chi connectivity index (χ4v) is 1.98. The van der Waals surface area contributed by atoms with Crippen LogP contribution in [-0.4, -0.2) is 11.7 Å². The fraction of sp³-hybridized carbons (Fsp3) is 0.133. The first-order valence-corrected chi connectivity index (χ1v) is 6.64. The van der Waals surface area contributed by atoms with Crippen molar-refractivity contribution in [2.24, 2.45) is 0 Å². The molecule has 0 fully saturated rings. The van der Waals surface area contributed by atoms with Gasteiger partial charge < -0.3 is 15.4 Å². The number of hydrogen-bond acceptors (Lipinski definition) is 2. The van der Waals surface area contributed by atoms with Crippen LogP contribution in [0.2, 0.25) is 0 Å². The summed E-state index contributed by atoms with van der Waals surface area (Å²) in [4.78, 5) is 0. The molecule has 0 radical (unpaired) electrons. The van der Waals surface area contributed by atoms with Crippen LogP contribution >= 0.6 is 12.2 Å². The molecule has 3 nitrogen and oxygen atoms in total. The van der Waals surface area contributed by atoms with Gasteiger partial charge in [-0.1, -0.05) is 30.3 Å². The summed E-state index contributed by atoms with van der Waals surface area (Å²) in [5.74, 6) is 0.0430. The van der Waals surface area contributed by atoms with E-state index in [0.717, 1.165) is 11.3 Å². The molecule has 0 amide bonds. The zero-order valence-corrected chi connectivity index (χ0v) is 12.1. The number of thiocarbonyl (C=S) groups is 1. The van der Waals surface area contributed by atoms with Crippen LogP contribution in [0.25, 0.3) is 0 Å². The number of aryl methyl sites for hydroxylation is 1. The van der Waals surface area contributed by atoms with Gasteiger partial charge in [0.05, 0.1) is 5.69 Å². The van der Waals surface area contributed by atoms with Gasteiger partial charge >= 0.3 is 6.61 Å². The lowest BCUT2D eigenvalue weighted by molar-refractivity contribution is -0.0493.